The molecule has 0 aliphatic rings. The standard InChI is InChI=1S/C14H12N4O2/c15-9-3-6-12(20)11(7-9)14-16-13(17-18-14)8-1-4-10(19)5-2-8/h1-7,19-20H,15H2,(H,16,17,18). The van der Waals surface area contributed by atoms with Gasteiger partial charge in [-0.1, -0.05) is 0 Å². The van der Waals surface area contributed by atoms with Crippen LogP contribution in [0.15, 0.2) is 42.5 Å². The van der Waals surface area contributed by atoms with E-state index in [1.807, 2.05) is 0 Å². The number of aromatic hydroxyl groups is 2. The SMILES string of the molecule is Nc1ccc(O)c(-c2nc(-c3ccc(O)cc3)n[nH]2)c1. The van der Waals surface area contributed by atoms with Gasteiger partial charge < -0.3 is 15.9 Å². The molecule has 6 nitrogen and oxygen atoms in total. The number of anilines is 1. The molecule has 20 heavy (non-hydrogen) atoms. The van der Waals surface area contributed by atoms with Crippen LogP contribution in [-0.4, -0.2) is 25.4 Å². The van der Waals surface area contributed by atoms with Crippen molar-refractivity contribution >= 4 is 5.69 Å². The van der Waals surface area contributed by atoms with Gasteiger partial charge in [0.05, 0.1) is 5.56 Å². The minimum absolute atomic E-state index is 0.0765. The van der Waals surface area contributed by atoms with E-state index in [4.69, 9.17) is 5.73 Å². The van der Waals surface area contributed by atoms with Crippen molar-refractivity contribution in [2.45, 2.75) is 0 Å². The number of aromatic amines is 1. The molecule has 2 aromatic carbocycles. The van der Waals surface area contributed by atoms with Gasteiger partial charge in [-0.15, -0.1) is 0 Å². The van der Waals surface area contributed by atoms with Gasteiger partial charge in [-0.3, -0.25) is 5.10 Å². The maximum atomic E-state index is 9.83. The Balaban J connectivity index is 2.01. The summed E-state index contributed by atoms with van der Waals surface area (Å²) in [5.74, 6) is 1.16. The van der Waals surface area contributed by atoms with Gasteiger partial charge in [0.25, 0.3) is 0 Å². The van der Waals surface area contributed by atoms with E-state index in [1.165, 1.54) is 6.07 Å². The van der Waals surface area contributed by atoms with Crippen molar-refractivity contribution in [3.05, 3.63) is 42.5 Å². The molecule has 0 amide bonds. The number of benzene rings is 2. The van der Waals surface area contributed by atoms with Crippen LogP contribution < -0.4 is 5.73 Å². The van der Waals surface area contributed by atoms with Gasteiger partial charge in [0.15, 0.2) is 11.6 Å². The molecule has 0 saturated heterocycles. The van der Waals surface area contributed by atoms with Crippen molar-refractivity contribution in [3.8, 4) is 34.3 Å². The Bertz CT molecular complexity index is 750. The van der Waals surface area contributed by atoms with Crippen molar-refractivity contribution in [2.24, 2.45) is 0 Å². The Morgan fingerprint density at radius 1 is 1.00 bits per heavy atom. The van der Waals surface area contributed by atoms with E-state index in [-0.39, 0.29) is 11.5 Å². The summed E-state index contributed by atoms with van der Waals surface area (Å²) in [4.78, 5) is 4.32. The highest BCUT2D eigenvalue weighted by molar-refractivity contribution is 5.70. The molecule has 0 saturated carbocycles. The second-order valence-electron chi connectivity index (χ2n) is 4.33. The molecule has 0 aliphatic carbocycles. The summed E-state index contributed by atoms with van der Waals surface area (Å²) in [6.07, 6.45) is 0. The fraction of sp³-hybridized carbons (Fsp3) is 0. The summed E-state index contributed by atoms with van der Waals surface area (Å²) >= 11 is 0. The average Bonchev–Trinajstić information content (AvgIpc) is 2.92. The summed E-state index contributed by atoms with van der Waals surface area (Å²) in [7, 11) is 0. The van der Waals surface area contributed by atoms with Crippen LogP contribution >= 0.6 is 0 Å². The normalized spacial score (nSPS) is 10.6. The van der Waals surface area contributed by atoms with Gasteiger partial charge >= 0.3 is 0 Å². The average molecular weight is 268 g/mol. The van der Waals surface area contributed by atoms with E-state index in [1.54, 1.807) is 36.4 Å². The molecule has 0 aliphatic heterocycles. The highest BCUT2D eigenvalue weighted by Crippen LogP contribution is 2.29. The molecular weight excluding hydrogens is 256 g/mol. The number of phenols is 2. The van der Waals surface area contributed by atoms with Crippen molar-refractivity contribution in [2.75, 3.05) is 5.73 Å². The fourth-order valence-corrected chi connectivity index (χ4v) is 1.87. The van der Waals surface area contributed by atoms with Crippen LogP contribution in [0.2, 0.25) is 0 Å². The first-order valence-electron chi connectivity index (χ1n) is 5.94. The monoisotopic (exact) mass is 268 g/mol. The molecule has 0 fully saturated rings. The first kappa shape index (κ1) is 12.0. The Morgan fingerprint density at radius 3 is 2.50 bits per heavy atom. The molecule has 1 aromatic heterocycles. The van der Waals surface area contributed by atoms with Crippen LogP contribution in [-0.2, 0) is 0 Å². The van der Waals surface area contributed by atoms with Crippen molar-refractivity contribution in [3.63, 3.8) is 0 Å². The highest BCUT2D eigenvalue weighted by atomic mass is 16.3. The highest BCUT2D eigenvalue weighted by Gasteiger charge is 2.11. The van der Waals surface area contributed by atoms with E-state index < -0.39 is 0 Å². The number of nitrogens with one attached hydrogen (secondary N) is 1. The summed E-state index contributed by atoms with van der Waals surface area (Å²) in [5.41, 5.74) is 7.47. The van der Waals surface area contributed by atoms with Crippen LogP contribution in [0.25, 0.3) is 22.8 Å². The third-order valence-electron chi connectivity index (χ3n) is 2.89. The zero-order chi connectivity index (χ0) is 14.1. The number of aromatic nitrogens is 3. The molecule has 1 heterocycles. The zero-order valence-electron chi connectivity index (χ0n) is 10.4. The number of nitrogens with zero attached hydrogens (tertiary/aromatic N) is 2. The van der Waals surface area contributed by atoms with Crippen molar-refractivity contribution in [1.82, 2.24) is 15.2 Å². The smallest absolute Gasteiger partial charge is 0.181 e. The number of hydrogen-bond donors (Lipinski definition) is 4. The lowest BCUT2D eigenvalue weighted by atomic mass is 10.1. The molecule has 100 valence electrons. The van der Waals surface area contributed by atoms with E-state index in [0.29, 0.717) is 22.9 Å². The zero-order valence-corrected chi connectivity index (χ0v) is 10.4. The molecule has 6 heteroatoms. The topological polar surface area (TPSA) is 108 Å². The van der Waals surface area contributed by atoms with E-state index in [0.717, 1.165) is 5.56 Å². The molecule has 3 aromatic rings. The molecule has 0 atom stereocenters. The van der Waals surface area contributed by atoms with Crippen LogP contribution in [0.3, 0.4) is 0 Å². The van der Waals surface area contributed by atoms with Gasteiger partial charge in [0, 0.05) is 11.3 Å². The molecule has 0 bridgehead atoms. The van der Waals surface area contributed by atoms with Crippen LogP contribution in [0.1, 0.15) is 0 Å². The largest absolute Gasteiger partial charge is 0.508 e. The lowest BCUT2D eigenvalue weighted by Crippen LogP contribution is -1.87. The van der Waals surface area contributed by atoms with Gasteiger partial charge in [-0.25, -0.2) is 4.98 Å². The number of phenolic OH excluding ortho intramolecular Hbond substituents is 2. The minimum atomic E-state index is 0.0765. The van der Waals surface area contributed by atoms with Gasteiger partial charge in [-0.2, -0.15) is 5.10 Å². The van der Waals surface area contributed by atoms with E-state index >= 15 is 0 Å². The second kappa shape index (κ2) is 4.58. The van der Waals surface area contributed by atoms with E-state index in [2.05, 4.69) is 15.2 Å². The third kappa shape index (κ3) is 2.14. The van der Waals surface area contributed by atoms with Crippen LogP contribution in [0, 0.1) is 0 Å². The third-order valence-corrected chi connectivity index (χ3v) is 2.89. The van der Waals surface area contributed by atoms with Gasteiger partial charge in [0.2, 0.25) is 0 Å². The Morgan fingerprint density at radius 2 is 1.75 bits per heavy atom. The minimum Gasteiger partial charge on any atom is -0.508 e. The summed E-state index contributed by atoms with van der Waals surface area (Å²) in [6, 6.07) is 11.3. The molecule has 0 spiro atoms. The quantitative estimate of drug-likeness (QED) is 0.420. The van der Waals surface area contributed by atoms with E-state index in [9.17, 15) is 10.2 Å². The second-order valence-corrected chi connectivity index (χ2v) is 4.33. The molecular formula is C14H12N4O2. The van der Waals surface area contributed by atoms with Crippen LogP contribution in [0.5, 0.6) is 11.5 Å². The predicted octanol–water partition coefficient (Wildman–Crippen LogP) is 2.13. The maximum absolute atomic E-state index is 9.83. The number of hydrogen-bond acceptors (Lipinski definition) is 5. The Labute approximate surface area is 114 Å². The molecule has 0 unspecified atom stereocenters. The molecule has 3 rings (SSSR count). The number of rotatable bonds is 2. The molecule has 5 N–H and O–H groups in total. The summed E-state index contributed by atoms with van der Waals surface area (Å²) < 4.78 is 0. The number of H-pyrrole nitrogens is 1. The van der Waals surface area contributed by atoms with Gasteiger partial charge in [-0.05, 0) is 42.5 Å². The first-order valence-corrected chi connectivity index (χ1v) is 5.94. The Hall–Kier alpha value is -3.02. The fourth-order valence-electron chi connectivity index (χ4n) is 1.87. The van der Waals surface area contributed by atoms with Crippen molar-refractivity contribution in [1.29, 1.82) is 0 Å². The van der Waals surface area contributed by atoms with Crippen LogP contribution in [0.4, 0.5) is 5.69 Å². The van der Waals surface area contributed by atoms with Gasteiger partial charge in [0.1, 0.15) is 11.5 Å². The number of nitrogens with two attached hydrogens (primary N) is 1. The summed E-state index contributed by atoms with van der Waals surface area (Å²) in [6.45, 7) is 0. The lowest BCUT2D eigenvalue weighted by molar-refractivity contribution is 0.475. The molecule has 0 radical (unpaired) electrons. The maximum Gasteiger partial charge on any atom is 0.181 e. The predicted molar refractivity (Wildman–Crippen MR) is 75.0 cm³/mol. The summed E-state index contributed by atoms with van der Waals surface area (Å²) in [5, 5.41) is 25.9. The Kier molecular flexibility index (Phi) is 2.76. The number of nitrogen functional groups attached to an aromatic ring is 1. The first-order chi connectivity index (χ1) is 9.63. The van der Waals surface area contributed by atoms with Crippen molar-refractivity contribution < 1.29 is 10.2 Å². The lowest BCUT2D eigenvalue weighted by Gasteiger charge is -2.01.